The smallest absolute Gasteiger partial charge is 0.264 e. The van der Waals surface area contributed by atoms with Crippen molar-refractivity contribution in [3.63, 3.8) is 0 Å². The lowest BCUT2D eigenvalue weighted by molar-refractivity contribution is -0.119. The number of rotatable bonds is 8. The van der Waals surface area contributed by atoms with Crippen LogP contribution in [0.15, 0.2) is 53.4 Å². The summed E-state index contributed by atoms with van der Waals surface area (Å²) in [6.07, 6.45) is 5.80. The number of methoxy groups -OCH3 is 1. The average molecular weight is 451 g/mol. The molecule has 1 saturated carbocycles. The highest BCUT2D eigenvalue weighted by Crippen LogP contribution is 2.32. The number of carbonyl (C=O) groups is 1. The first-order chi connectivity index (χ1) is 14.4. The lowest BCUT2D eigenvalue weighted by Gasteiger charge is -2.26. The van der Waals surface area contributed by atoms with E-state index in [0.29, 0.717) is 23.9 Å². The first-order valence-electron chi connectivity index (χ1n) is 10.1. The molecule has 6 nitrogen and oxygen atoms in total. The molecule has 1 N–H and O–H groups in total. The molecule has 0 heterocycles. The van der Waals surface area contributed by atoms with Gasteiger partial charge in [-0.2, -0.15) is 0 Å². The van der Waals surface area contributed by atoms with E-state index in [1.807, 2.05) is 0 Å². The van der Waals surface area contributed by atoms with Gasteiger partial charge in [0.2, 0.25) is 5.91 Å². The van der Waals surface area contributed by atoms with Crippen molar-refractivity contribution in [2.75, 3.05) is 24.5 Å². The fourth-order valence-corrected chi connectivity index (χ4v) is 5.37. The fraction of sp³-hybridized carbons (Fsp3) is 0.409. The van der Waals surface area contributed by atoms with E-state index in [4.69, 9.17) is 16.3 Å². The van der Waals surface area contributed by atoms with Gasteiger partial charge in [-0.05, 0) is 49.1 Å². The molecule has 0 unspecified atom stereocenters. The molecule has 1 amide bonds. The van der Waals surface area contributed by atoms with Gasteiger partial charge in [0, 0.05) is 6.54 Å². The van der Waals surface area contributed by atoms with E-state index >= 15 is 0 Å². The standard InChI is InChI=1S/C22H27ClN2O4S/c1-29-21-13-12-18(14-20(21)23)25(30(27,28)19-10-6-3-7-11-19)16-22(26)24-15-17-8-4-2-5-9-17/h3,6-7,10-14,17H,2,4-5,8-9,15-16H2,1H3,(H,24,26). The zero-order chi connectivity index (χ0) is 21.6. The Kier molecular flexibility index (Phi) is 7.61. The summed E-state index contributed by atoms with van der Waals surface area (Å²) >= 11 is 6.22. The molecular weight excluding hydrogens is 424 g/mol. The third kappa shape index (κ3) is 5.46. The van der Waals surface area contributed by atoms with Crippen LogP contribution in [0.25, 0.3) is 0 Å². The number of benzene rings is 2. The molecule has 0 radical (unpaired) electrons. The zero-order valence-electron chi connectivity index (χ0n) is 17.0. The third-order valence-corrected chi connectivity index (χ3v) is 7.44. The summed E-state index contributed by atoms with van der Waals surface area (Å²) in [7, 11) is -2.47. The van der Waals surface area contributed by atoms with Gasteiger partial charge >= 0.3 is 0 Å². The van der Waals surface area contributed by atoms with Crippen molar-refractivity contribution in [1.82, 2.24) is 5.32 Å². The molecule has 1 aliphatic rings. The molecule has 8 heteroatoms. The number of ether oxygens (including phenoxy) is 1. The van der Waals surface area contributed by atoms with Crippen LogP contribution in [0, 0.1) is 5.92 Å². The van der Waals surface area contributed by atoms with Crippen LogP contribution in [0.1, 0.15) is 32.1 Å². The molecule has 162 valence electrons. The molecular formula is C22H27ClN2O4S. The number of amides is 1. The minimum atomic E-state index is -3.96. The molecule has 0 aliphatic heterocycles. The maximum Gasteiger partial charge on any atom is 0.264 e. The van der Waals surface area contributed by atoms with Gasteiger partial charge in [0.15, 0.2) is 0 Å². The number of hydrogen-bond donors (Lipinski definition) is 1. The van der Waals surface area contributed by atoms with E-state index in [9.17, 15) is 13.2 Å². The molecule has 2 aromatic rings. The first kappa shape index (κ1) is 22.4. The Morgan fingerprint density at radius 2 is 1.83 bits per heavy atom. The lowest BCUT2D eigenvalue weighted by atomic mass is 9.89. The maximum absolute atomic E-state index is 13.3. The van der Waals surface area contributed by atoms with E-state index in [1.54, 1.807) is 30.3 Å². The summed E-state index contributed by atoms with van der Waals surface area (Å²) in [5.74, 6) is 0.545. The van der Waals surface area contributed by atoms with E-state index in [-0.39, 0.29) is 22.4 Å². The molecule has 3 rings (SSSR count). The van der Waals surface area contributed by atoms with Crippen molar-refractivity contribution in [2.24, 2.45) is 5.92 Å². The predicted molar refractivity (Wildman–Crippen MR) is 119 cm³/mol. The number of anilines is 1. The summed E-state index contributed by atoms with van der Waals surface area (Å²) in [6.45, 7) is 0.244. The Bertz CT molecular complexity index is 960. The second kappa shape index (κ2) is 10.2. The van der Waals surface area contributed by atoms with E-state index in [0.717, 1.165) is 17.1 Å². The lowest BCUT2D eigenvalue weighted by Crippen LogP contribution is -2.42. The van der Waals surface area contributed by atoms with E-state index < -0.39 is 10.0 Å². The van der Waals surface area contributed by atoms with Crippen molar-refractivity contribution in [3.8, 4) is 5.75 Å². The van der Waals surface area contributed by atoms with Crippen molar-refractivity contribution in [1.29, 1.82) is 0 Å². The Balaban J connectivity index is 1.84. The van der Waals surface area contributed by atoms with Crippen LogP contribution in [0.3, 0.4) is 0 Å². The number of carbonyl (C=O) groups excluding carboxylic acids is 1. The maximum atomic E-state index is 13.3. The molecule has 0 saturated heterocycles. The van der Waals surface area contributed by atoms with Crippen LogP contribution in [0.4, 0.5) is 5.69 Å². The van der Waals surface area contributed by atoms with Gasteiger partial charge < -0.3 is 10.1 Å². The van der Waals surface area contributed by atoms with Gasteiger partial charge in [0.1, 0.15) is 12.3 Å². The van der Waals surface area contributed by atoms with Crippen LogP contribution in [0.5, 0.6) is 5.75 Å². The predicted octanol–water partition coefficient (Wildman–Crippen LogP) is 4.24. The normalized spacial score (nSPS) is 14.9. The molecule has 1 aliphatic carbocycles. The Morgan fingerprint density at radius 3 is 2.47 bits per heavy atom. The van der Waals surface area contributed by atoms with Gasteiger partial charge in [-0.1, -0.05) is 49.1 Å². The van der Waals surface area contributed by atoms with Crippen molar-refractivity contribution in [3.05, 3.63) is 53.6 Å². The monoisotopic (exact) mass is 450 g/mol. The largest absolute Gasteiger partial charge is 0.495 e. The Hall–Kier alpha value is -2.25. The first-order valence-corrected chi connectivity index (χ1v) is 11.9. The summed E-state index contributed by atoms with van der Waals surface area (Å²) < 4.78 is 32.9. The molecule has 0 atom stereocenters. The number of sulfonamides is 1. The highest BCUT2D eigenvalue weighted by atomic mass is 35.5. The van der Waals surface area contributed by atoms with Gasteiger partial charge in [-0.25, -0.2) is 8.42 Å². The number of nitrogens with one attached hydrogen (secondary N) is 1. The molecule has 0 aromatic heterocycles. The molecule has 1 fully saturated rings. The van der Waals surface area contributed by atoms with Crippen molar-refractivity contribution < 1.29 is 17.9 Å². The fourth-order valence-electron chi connectivity index (χ4n) is 3.68. The summed E-state index contributed by atoms with van der Waals surface area (Å²) in [4.78, 5) is 12.8. The van der Waals surface area contributed by atoms with Crippen molar-refractivity contribution >= 4 is 33.2 Å². The third-order valence-electron chi connectivity index (χ3n) is 5.35. The summed E-state index contributed by atoms with van der Waals surface area (Å²) in [6, 6.07) is 12.7. The van der Waals surface area contributed by atoms with Crippen LogP contribution in [0.2, 0.25) is 5.02 Å². The van der Waals surface area contributed by atoms with Gasteiger partial charge in [-0.15, -0.1) is 0 Å². The number of nitrogens with zero attached hydrogens (tertiary/aromatic N) is 1. The number of halogens is 1. The quantitative estimate of drug-likeness (QED) is 0.652. The van der Waals surface area contributed by atoms with Crippen LogP contribution in [-0.2, 0) is 14.8 Å². The molecule has 0 spiro atoms. The van der Waals surface area contributed by atoms with Gasteiger partial charge in [0.05, 0.1) is 22.7 Å². The zero-order valence-corrected chi connectivity index (χ0v) is 18.6. The SMILES string of the molecule is COc1ccc(N(CC(=O)NCC2CCCCC2)S(=O)(=O)c2ccccc2)cc1Cl. The minimum Gasteiger partial charge on any atom is -0.495 e. The minimum absolute atomic E-state index is 0.108. The topological polar surface area (TPSA) is 75.7 Å². The van der Waals surface area contributed by atoms with E-state index in [2.05, 4.69) is 5.32 Å². The van der Waals surface area contributed by atoms with Crippen LogP contribution < -0.4 is 14.4 Å². The molecule has 0 bridgehead atoms. The van der Waals surface area contributed by atoms with Crippen molar-refractivity contribution in [2.45, 2.75) is 37.0 Å². The highest BCUT2D eigenvalue weighted by Gasteiger charge is 2.28. The summed E-state index contributed by atoms with van der Waals surface area (Å²) in [5.41, 5.74) is 0.303. The average Bonchev–Trinajstić information content (AvgIpc) is 2.77. The van der Waals surface area contributed by atoms with Crippen LogP contribution >= 0.6 is 11.6 Å². The van der Waals surface area contributed by atoms with E-state index in [1.165, 1.54) is 44.6 Å². The molecule has 30 heavy (non-hydrogen) atoms. The second-order valence-electron chi connectivity index (χ2n) is 7.45. The molecule has 2 aromatic carbocycles. The Labute approximate surface area is 183 Å². The second-order valence-corrected chi connectivity index (χ2v) is 9.72. The highest BCUT2D eigenvalue weighted by molar-refractivity contribution is 7.92. The van der Waals surface area contributed by atoms with Crippen LogP contribution in [-0.4, -0.2) is 34.5 Å². The van der Waals surface area contributed by atoms with Gasteiger partial charge in [-0.3, -0.25) is 9.10 Å². The Morgan fingerprint density at radius 1 is 1.13 bits per heavy atom. The number of hydrogen-bond acceptors (Lipinski definition) is 4. The van der Waals surface area contributed by atoms with Gasteiger partial charge in [0.25, 0.3) is 10.0 Å². The summed E-state index contributed by atoms with van der Waals surface area (Å²) in [5, 5.41) is 3.18.